The first-order valence-electron chi connectivity index (χ1n) is 6.44. The average Bonchev–Trinajstić information content (AvgIpc) is 2.49. The quantitative estimate of drug-likeness (QED) is 0.779. The molecule has 3 nitrogen and oxygen atoms in total. The van der Waals surface area contributed by atoms with Gasteiger partial charge in [0.2, 0.25) is 0 Å². The van der Waals surface area contributed by atoms with Crippen LogP contribution in [0.5, 0.6) is 11.5 Å². The first kappa shape index (κ1) is 16.3. The van der Waals surface area contributed by atoms with E-state index in [0.717, 1.165) is 14.5 Å². The van der Waals surface area contributed by atoms with Gasteiger partial charge in [-0.25, -0.2) is 0 Å². The normalized spacial score (nSPS) is 12.0. The van der Waals surface area contributed by atoms with E-state index in [4.69, 9.17) is 9.47 Å². The van der Waals surface area contributed by atoms with E-state index in [0.29, 0.717) is 11.5 Å². The molecule has 0 radical (unpaired) electrons. The standard InChI is InChI=1S/C16H17Br2NO2/c1-19-16(10-5-4-6-11(17)7-10)12-8-14(20-2)15(21-3)9-13(12)18/h4-9,16,19H,1-3H3. The molecule has 1 N–H and O–H groups in total. The Kier molecular flexibility index (Phi) is 5.67. The van der Waals surface area contributed by atoms with Gasteiger partial charge in [-0.15, -0.1) is 0 Å². The Hall–Kier alpha value is -1.04. The minimum absolute atomic E-state index is 0.0525. The predicted molar refractivity (Wildman–Crippen MR) is 92.3 cm³/mol. The molecule has 0 heterocycles. The molecule has 0 bridgehead atoms. The molecule has 0 fully saturated rings. The monoisotopic (exact) mass is 413 g/mol. The summed E-state index contributed by atoms with van der Waals surface area (Å²) in [6.45, 7) is 0. The molecule has 2 rings (SSSR count). The molecule has 0 aliphatic rings. The summed E-state index contributed by atoms with van der Waals surface area (Å²) in [6.07, 6.45) is 0. The van der Waals surface area contributed by atoms with Crippen molar-refractivity contribution in [3.8, 4) is 11.5 Å². The van der Waals surface area contributed by atoms with Crippen LogP contribution in [0, 0.1) is 0 Å². The highest BCUT2D eigenvalue weighted by molar-refractivity contribution is 9.10. The third-order valence-electron chi connectivity index (χ3n) is 3.28. The number of methoxy groups -OCH3 is 2. The molecule has 112 valence electrons. The number of hydrogen-bond donors (Lipinski definition) is 1. The van der Waals surface area contributed by atoms with Crippen molar-refractivity contribution in [1.29, 1.82) is 0 Å². The van der Waals surface area contributed by atoms with Gasteiger partial charge in [0, 0.05) is 8.95 Å². The fraction of sp³-hybridized carbons (Fsp3) is 0.250. The number of ether oxygens (including phenoxy) is 2. The van der Waals surface area contributed by atoms with Crippen molar-refractivity contribution < 1.29 is 9.47 Å². The van der Waals surface area contributed by atoms with Crippen LogP contribution in [0.15, 0.2) is 45.3 Å². The van der Waals surface area contributed by atoms with Crippen molar-refractivity contribution in [3.63, 3.8) is 0 Å². The lowest BCUT2D eigenvalue weighted by atomic mass is 9.98. The van der Waals surface area contributed by atoms with Crippen molar-refractivity contribution in [2.45, 2.75) is 6.04 Å². The Bertz CT molecular complexity index is 632. The number of hydrogen-bond acceptors (Lipinski definition) is 3. The zero-order valence-corrected chi connectivity index (χ0v) is 15.3. The highest BCUT2D eigenvalue weighted by Gasteiger charge is 2.18. The number of nitrogens with one attached hydrogen (secondary N) is 1. The predicted octanol–water partition coefficient (Wildman–Crippen LogP) is 4.54. The van der Waals surface area contributed by atoms with Gasteiger partial charge in [0.05, 0.1) is 20.3 Å². The van der Waals surface area contributed by atoms with Crippen LogP contribution >= 0.6 is 31.9 Å². The summed E-state index contributed by atoms with van der Waals surface area (Å²) >= 11 is 7.14. The fourth-order valence-electron chi connectivity index (χ4n) is 2.28. The Morgan fingerprint density at radius 3 is 2.24 bits per heavy atom. The molecular weight excluding hydrogens is 398 g/mol. The van der Waals surface area contributed by atoms with E-state index in [1.165, 1.54) is 5.56 Å². The van der Waals surface area contributed by atoms with Crippen LogP contribution in [0.1, 0.15) is 17.2 Å². The topological polar surface area (TPSA) is 30.5 Å². The molecular formula is C16H17Br2NO2. The molecule has 0 aliphatic carbocycles. The van der Waals surface area contributed by atoms with Crippen molar-refractivity contribution in [1.82, 2.24) is 5.32 Å². The van der Waals surface area contributed by atoms with Gasteiger partial charge in [-0.3, -0.25) is 0 Å². The lowest BCUT2D eigenvalue weighted by Crippen LogP contribution is -2.18. The van der Waals surface area contributed by atoms with E-state index < -0.39 is 0 Å². The van der Waals surface area contributed by atoms with Gasteiger partial charge in [-0.1, -0.05) is 44.0 Å². The van der Waals surface area contributed by atoms with Gasteiger partial charge < -0.3 is 14.8 Å². The van der Waals surface area contributed by atoms with Crippen molar-refractivity contribution in [2.75, 3.05) is 21.3 Å². The second-order valence-corrected chi connectivity index (χ2v) is 6.28. The lowest BCUT2D eigenvalue weighted by Gasteiger charge is -2.21. The van der Waals surface area contributed by atoms with E-state index in [-0.39, 0.29) is 6.04 Å². The van der Waals surface area contributed by atoms with Crippen LogP contribution in [-0.2, 0) is 0 Å². The number of benzene rings is 2. The highest BCUT2D eigenvalue weighted by atomic mass is 79.9. The smallest absolute Gasteiger partial charge is 0.161 e. The van der Waals surface area contributed by atoms with Gasteiger partial charge in [-0.2, -0.15) is 0 Å². The third-order valence-corrected chi connectivity index (χ3v) is 4.46. The second-order valence-electron chi connectivity index (χ2n) is 4.51. The molecule has 0 aliphatic heterocycles. The highest BCUT2D eigenvalue weighted by Crippen LogP contribution is 2.38. The number of halogens is 2. The van der Waals surface area contributed by atoms with E-state index in [1.54, 1.807) is 14.2 Å². The molecule has 2 aromatic carbocycles. The molecule has 0 saturated heterocycles. The Labute approximate surface area is 141 Å². The van der Waals surface area contributed by atoms with E-state index in [9.17, 15) is 0 Å². The Morgan fingerprint density at radius 1 is 1.00 bits per heavy atom. The molecule has 1 atom stereocenters. The van der Waals surface area contributed by atoms with Crippen LogP contribution in [-0.4, -0.2) is 21.3 Å². The van der Waals surface area contributed by atoms with Crippen LogP contribution in [0.25, 0.3) is 0 Å². The maximum Gasteiger partial charge on any atom is 0.161 e. The summed E-state index contributed by atoms with van der Waals surface area (Å²) < 4.78 is 12.8. The lowest BCUT2D eigenvalue weighted by molar-refractivity contribution is 0.354. The zero-order valence-electron chi connectivity index (χ0n) is 12.1. The molecule has 5 heteroatoms. The van der Waals surface area contributed by atoms with Crippen LogP contribution in [0.2, 0.25) is 0 Å². The minimum Gasteiger partial charge on any atom is -0.493 e. The fourth-order valence-corrected chi connectivity index (χ4v) is 3.25. The van der Waals surface area contributed by atoms with Crippen LogP contribution in [0.4, 0.5) is 0 Å². The molecule has 0 aromatic heterocycles. The number of rotatable bonds is 5. The maximum atomic E-state index is 5.40. The Balaban J connectivity index is 2.52. The van der Waals surface area contributed by atoms with Crippen molar-refractivity contribution >= 4 is 31.9 Å². The maximum absolute atomic E-state index is 5.40. The Morgan fingerprint density at radius 2 is 1.67 bits per heavy atom. The SMILES string of the molecule is CNC(c1cccc(Br)c1)c1cc(OC)c(OC)cc1Br. The largest absolute Gasteiger partial charge is 0.493 e. The first-order valence-corrected chi connectivity index (χ1v) is 8.03. The summed E-state index contributed by atoms with van der Waals surface area (Å²) in [5.41, 5.74) is 2.26. The average molecular weight is 415 g/mol. The summed E-state index contributed by atoms with van der Waals surface area (Å²) in [5.74, 6) is 1.42. The van der Waals surface area contributed by atoms with Crippen molar-refractivity contribution in [3.05, 3.63) is 56.5 Å². The summed E-state index contributed by atoms with van der Waals surface area (Å²) in [4.78, 5) is 0. The zero-order chi connectivity index (χ0) is 15.4. The van der Waals surface area contributed by atoms with Crippen molar-refractivity contribution in [2.24, 2.45) is 0 Å². The van der Waals surface area contributed by atoms with E-state index in [1.807, 2.05) is 31.3 Å². The van der Waals surface area contributed by atoms with E-state index in [2.05, 4.69) is 49.3 Å². The molecule has 1 unspecified atom stereocenters. The van der Waals surface area contributed by atoms with Gasteiger partial charge in [-0.05, 0) is 42.4 Å². The summed E-state index contributed by atoms with van der Waals surface area (Å²) in [7, 11) is 5.21. The molecule has 0 spiro atoms. The molecule has 0 saturated carbocycles. The van der Waals surface area contributed by atoms with Gasteiger partial charge in [0.15, 0.2) is 11.5 Å². The van der Waals surface area contributed by atoms with E-state index >= 15 is 0 Å². The van der Waals surface area contributed by atoms with Crippen LogP contribution in [0.3, 0.4) is 0 Å². The van der Waals surface area contributed by atoms with Gasteiger partial charge in [0.1, 0.15) is 0 Å². The second kappa shape index (κ2) is 7.29. The summed E-state index contributed by atoms with van der Waals surface area (Å²) in [6, 6.07) is 12.2. The first-order chi connectivity index (χ1) is 10.1. The minimum atomic E-state index is 0.0525. The van der Waals surface area contributed by atoms with Gasteiger partial charge in [0.25, 0.3) is 0 Å². The molecule has 2 aromatic rings. The van der Waals surface area contributed by atoms with Gasteiger partial charge >= 0.3 is 0 Å². The summed E-state index contributed by atoms with van der Waals surface area (Å²) in [5, 5.41) is 3.34. The molecule has 0 amide bonds. The third kappa shape index (κ3) is 3.59. The van der Waals surface area contributed by atoms with Crippen LogP contribution < -0.4 is 14.8 Å². The molecule has 21 heavy (non-hydrogen) atoms.